The molecule has 0 aliphatic carbocycles. The minimum absolute atomic E-state index is 0.126. The normalized spacial score (nSPS) is 59.5. The van der Waals surface area contributed by atoms with Crippen molar-refractivity contribution >= 4 is 39.0 Å². The first-order chi connectivity index (χ1) is 13.1. The highest BCUT2D eigenvalue weighted by Gasteiger charge is 3.24. The van der Waals surface area contributed by atoms with Crippen molar-refractivity contribution in [3.8, 4) is 0 Å². The van der Waals surface area contributed by atoms with Crippen LogP contribution in [0.3, 0.4) is 0 Å². The van der Waals surface area contributed by atoms with E-state index in [4.69, 9.17) is 0 Å². The molecule has 0 aromatic carbocycles. The minimum atomic E-state index is 0.126. The molecule has 0 amide bonds. The first-order valence-corrected chi connectivity index (χ1v) is 19.5. The Bertz CT molecular complexity index is 842. The Morgan fingerprint density at radius 3 is 0.867 bits per heavy atom. The minimum Gasteiger partial charge on any atom is -0.0612 e. The summed E-state index contributed by atoms with van der Waals surface area (Å²) in [5.74, 6) is 0. The van der Waals surface area contributed by atoms with Crippen LogP contribution in [-0.4, -0.2) is 23.7 Å². The standard InChI is InChI=1S/C25H45P5/c1-16(2,3)21-22(17(4,5)6)27-23(18(7,8)9)26(21)24(19(10,11)12)28(23)25(27,20(13,14)15)30(24)29(21)22/h1-15H3. The Hall–Kier alpha value is 2.15. The Morgan fingerprint density at radius 1 is 0.333 bits per heavy atom. The molecule has 0 N–H and O–H groups in total. The van der Waals surface area contributed by atoms with Crippen molar-refractivity contribution < 1.29 is 0 Å². The summed E-state index contributed by atoms with van der Waals surface area (Å²) in [6.07, 6.45) is 0. The van der Waals surface area contributed by atoms with Crippen LogP contribution in [0.5, 0.6) is 0 Å². The summed E-state index contributed by atoms with van der Waals surface area (Å²) in [6, 6.07) is 0. The van der Waals surface area contributed by atoms with E-state index in [1.54, 1.807) is 0 Å². The summed E-state index contributed by atoms with van der Waals surface area (Å²) in [4.78, 5) is 1.51. The first-order valence-electron chi connectivity index (χ1n) is 12.1. The lowest BCUT2D eigenvalue weighted by Crippen LogP contribution is -2.78. The maximum absolute atomic E-state index is 2.70. The van der Waals surface area contributed by atoms with Gasteiger partial charge in [0.15, 0.2) is 0 Å². The highest BCUT2D eigenvalue weighted by atomic mass is 32.1. The molecular formula is C25H45P5. The molecule has 0 aromatic rings. The van der Waals surface area contributed by atoms with Crippen molar-refractivity contribution in [1.82, 2.24) is 0 Å². The van der Waals surface area contributed by atoms with Gasteiger partial charge in [0.1, 0.15) is 0 Å². The summed E-state index contributed by atoms with van der Waals surface area (Å²) < 4.78 is 2.45. The fourth-order valence-electron chi connectivity index (χ4n) is 9.68. The topological polar surface area (TPSA) is 0 Å². The Kier molecular flexibility index (Phi) is 3.58. The van der Waals surface area contributed by atoms with E-state index in [1.807, 2.05) is 0 Å². The number of rotatable bonds is 0. The van der Waals surface area contributed by atoms with Crippen LogP contribution in [0, 0.1) is 27.1 Å². The van der Waals surface area contributed by atoms with Crippen molar-refractivity contribution in [2.24, 2.45) is 27.1 Å². The fraction of sp³-hybridized carbons (Fsp3) is 1.00. The van der Waals surface area contributed by atoms with Crippen molar-refractivity contribution in [1.29, 1.82) is 0 Å². The van der Waals surface area contributed by atoms with Gasteiger partial charge in [-0.15, -0.1) is 0 Å². The Balaban J connectivity index is 1.76. The van der Waals surface area contributed by atoms with Gasteiger partial charge in [0, 0.05) is 23.7 Å². The molecule has 0 aromatic heterocycles. The number of hydrogen-bond acceptors (Lipinski definition) is 0. The largest absolute Gasteiger partial charge is 0.0612 e. The summed E-state index contributed by atoms with van der Waals surface area (Å²) >= 11 is 0. The van der Waals surface area contributed by atoms with Gasteiger partial charge in [-0.05, 0) is 34.7 Å². The molecule has 0 saturated carbocycles. The van der Waals surface area contributed by atoms with E-state index in [0.29, 0.717) is 27.1 Å². The average Bonchev–Trinajstić information content (AvgIpc) is 2.98. The van der Waals surface area contributed by atoms with Crippen LogP contribution in [0.15, 0.2) is 0 Å². The molecule has 7 saturated heterocycles. The highest BCUT2D eigenvalue weighted by Crippen LogP contribution is 3.55. The molecule has 7 heterocycles. The summed E-state index contributed by atoms with van der Waals surface area (Å²) in [6.45, 7) is 40.5. The molecular weight excluding hydrogens is 455 g/mol. The lowest BCUT2D eigenvalue weighted by atomic mass is 9.80. The zero-order valence-electron chi connectivity index (χ0n) is 22.2. The maximum atomic E-state index is 2.70. The van der Waals surface area contributed by atoms with Gasteiger partial charge in [-0.1, -0.05) is 135 Å². The molecule has 0 radical (unpaired) electrons. The molecule has 0 bridgehead atoms. The van der Waals surface area contributed by atoms with Crippen molar-refractivity contribution in [3.05, 3.63) is 0 Å². The molecule has 5 heteroatoms. The van der Waals surface area contributed by atoms with E-state index in [1.165, 1.54) is 0 Å². The van der Waals surface area contributed by atoms with Crippen LogP contribution in [-0.2, 0) is 0 Å². The van der Waals surface area contributed by atoms with Gasteiger partial charge in [-0.2, -0.15) is 0 Å². The van der Waals surface area contributed by atoms with Gasteiger partial charge in [-0.25, -0.2) is 0 Å². The van der Waals surface area contributed by atoms with E-state index in [2.05, 4.69) is 104 Å². The van der Waals surface area contributed by atoms with E-state index < -0.39 is 0 Å². The molecule has 0 spiro atoms. The second-order valence-corrected chi connectivity index (χ2v) is 34.4. The van der Waals surface area contributed by atoms with Gasteiger partial charge in [0.05, 0.1) is 0 Å². The van der Waals surface area contributed by atoms with E-state index in [9.17, 15) is 0 Å². The van der Waals surface area contributed by atoms with Gasteiger partial charge < -0.3 is 0 Å². The molecule has 6 unspecified atom stereocenters. The monoisotopic (exact) mass is 500 g/mol. The van der Waals surface area contributed by atoms with E-state index in [-0.39, 0.29) is 39.0 Å². The molecule has 6 atom stereocenters. The molecule has 30 heavy (non-hydrogen) atoms. The fourth-order valence-corrected chi connectivity index (χ4v) is 76.2. The van der Waals surface area contributed by atoms with Crippen molar-refractivity contribution in [3.63, 3.8) is 0 Å². The third-order valence-electron chi connectivity index (χ3n) is 9.78. The van der Waals surface area contributed by atoms with Crippen LogP contribution in [0.4, 0.5) is 0 Å². The first kappa shape index (κ1) is 22.6. The Labute approximate surface area is 193 Å². The lowest BCUT2D eigenvalue weighted by Gasteiger charge is -2.98. The van der Waals surface area contributed by atoms with Gasteiger partial charge in [0.25, 0.3) is 0 Å². The Morgan fingerprint density at radius 2 is 0.633 bits per heavy atom. The molecule has 7 aliphatic rings. The van der Waals surface area contributed by atoms with Crippen LogP contribution >= 0.6 is 39.0 Å². The molecule has 7 aliphatic heterocycles. The second kappa shape index (κ2) is 4.76. The summed E-state index contributed by atoms with van der Waals surface area (Å²) in [5.41, 5.74) is 2.56. The van der Waals surface area contributed by atoms with Crippen molar-refractivity contribution in [2.75, 3.05) is 0 Å². The summed E-state index contributed by atoms with van der Waals surface area (Å²) in [5, 5.41) is 0. The zero-order valence-corrected chi connectivity index (χ0v) is 26.7. The smallest absolute Gasteiger partial charge is 0.0446 e. The van der Waals surface area contributed by atoms with Crippen LogP contribution < -0.4 is 0 Å². The number of hydrogen-bond donors (Lipinski definition) is 0. The summed E-state index contributed by atoms with van der Waals surface area (Å²) in [7, 11) is 0.866. The maximum Gasteiger partial charge on any atom is 0.0446 e. The van der Waals surface area contributed by atoms with Crippen LogP contribution in [0.1, 0.15) is 104 Å². The second-order valence-electron chi connectivity index (χ2n) is 16.1. The van der Waals surface area contributed by atoms with Gasteiger partial charge >= 0.3 is 0 Å². The molecule has 0 nitrogen and oxygen atoms in total. The predicted molar refractivity (Wildman–Crippen MR) is 146 cm³/mol. The molecule has 170 valence electrons. The molecule has 7 rings (SSSR count). The third kappa shape index (κ3) is 1.38. The van der Waals surface area contributed by atoms with Gasteiger partial charge in [0.2, 0.25) is 0 Å². The SMILES string of the molecule is CC(C)(C)C12P3P4C5(C(C)(C)C)P1C1(C(C)(C)C)P2C3(C(C)(C)C)P1C45C(C)(C)C. The quantitative estimate of drug-likeness (QED) is 0.290. The van der Waals surface area contributed by atoms with E-state index in [0.717, 1.165) is 23.7 Å². The lowest BCUT2D eigenvalue weighted by molar-refractivity contribution is 0.291. The van der Waals surface area contributed by atoms with Gasteiger partial charge in [-0.3, -0.25) is 0 Å². The van der Waals surface area contributed by atoms with Crippen molar-refractivity contribution in [2.45, 2.75) is 128 Å². The van der Waals surface area contributed by atoms with Crippen LogP contribution in [0.2, 0.25) is 0 Å². The zero-order chi connectivity index (χ0) is 22.9. The highest BCUT2D eigenvalue weighted by molar-refractivity contribution is 8.66. The average molecular weight is 501 g/mol. The predicted octanol–water partition coefficient (Wildman–Crippen LogP) is 11.0. The molecule has 7 fully saturated rings. The van der Waals surface area contributed by atoms with Crippen LogP contribution in [0.25, 0.3) is 0 Å². The third-order valence-corrected chi connectivity index (χ3v) is 49.5. The van der Waals surface area contributed by atoms with E-state index >= 15 is 0 Å².